The molecule has 0 spiro atoms. The van der Waals surface area contributed by atoms with Crippen LogP contribution in [0.2, 0.25) is 0 Å². The lowest BCUT2D eigenvalue weighted by molar-refractivity contribution is 0.599. The molecule has 0 aromatic rings. The first-order chi connectivity index (χ1) is 4.12. The minimum Gasteiger partial charge on any atom is -0.229 e. The Kier molecular flexibility index (Phi) is 4.62. The lowest BCUT2D eigenvalue weighted by Gasteiger charge is -1.95. The largest absolute Gasteiger partial charge is 0.229 e. The van der Waals surface area contributed by atoms with Crippen LogP contribution in [0.4, 0.5) is 0 Å². The van der Waals surface area contributed by atoms with Gasteiger partial charge in [-0.2, -0.15) is 0 Å². The molecule has 0 fully saturated rings. The van der Waals surface area contributed by atoms with Gasteiger partial charge in [0.25, 0.3) is 0 Å². The standard InChI is InChI=1S/C4H8Cl2O2S/c5-1-3-9(7,8)4-2-6/h1-4H2/i1+1,2+1,3+1,4+1. The fourth-order valence-corrected chi connectivity index (χ4v) is 2.42. The molecule has 5 heteroatoms. The predicted molar refractivity (Wildman–Crippen MR) is 40.1 cm³/mol. The first kappa shape index (κ1) is 9.53. The van der Waals surface area contributed by atoms with Gasteiger partial charge in [0.15, 0.2) is 9.84 Å². The van der Waals surface area contributed by atoms with Crippen molar-refractivity contribution < 1.29 is 8.42 Å². The second-order valence-electron chi connectivity index (χ2n) is 1.53. The number of hydrogen-bond donors (Lipinski definition) is 0. The Labute approximate surface area is 65.1 Å². The van der Waals surface area contributed by atoms with E-state index in [2.05, 4.69) is 0 Å². The molecule has 0 aliphatic heterocycles. The SMILES string of the molecule is O=S(=O)([13CH2][13CH2]Cl)[13CH2][13CH2]Cl. The third kappa shape index (κ3) is 5.00. The zero-order valence-electron chi connectivity index (χ0n) is 4.81. The van der Waals surface area contributed by atoms with Gasteiger partial charge in [0.1, 0.15) is 0 Å². The topological polar surface area (TPSA) is 34.1 Å². The van der Waals surface area contributed by atoms with Crippen molar-refractivity contribution in [2.24, 2.45) is 0 Å². The molecule has 0 amide bonds. The fourth-order valence-electron chi connectivity index (χ4n) is 0.337. The van der Waals surface area contributed by atoms with Gasteiger partial charge < -0.3 is 0 Å². The van der Waals surface area contributed by atoms with E-state index in [0.29, 0.717) is 0 Å². The minimum absolute atomic E-state index is 0.0290. The quantitative estimate of drug-likeness (QED) is 0.492. The average molecular weight is 195 g/mol. The lowest BCUT2D eigenvalue weighted by atomic mass is 11.9. The van der Waals surface area contributed by atoms with Crippen LogP contribution in [0.5, 0.6) is 0 Å². The molecule has 0 radical (unpaired) electrons. The molecule has 0 bridgehead atoms. The van der Waals surface area contributed by atoms with Crippen LogP contribution in [0, 0.1) is 0 Å². The summed E-state index contributed by atoms with van der Waals surface area (Å²) in [5, 5.41) is 0. The highest BCUT2D eigenvalue weighted by Crippen LogP contribution is 1.92. The highest BCUT2D eigenvalue weighted by Gasteiger charge is 2.06. The lowest BCUT2D eigenvalue weighted by Crippen LogP contribution is -2.12. The molecule has 0 unspecified atom stereocenters. The van der Waals surface area contributed by atoms with Crippen LogP contribution in [-0.4, -0.2) is 31.7 Å². The molecule has 56 valence electrons. The summed E-state index contributed by atoms with van der Waals surface area (Å²) in [6, 6.07) is 0. The number of alkyl halides is 2. The van der Waals surface area contributed by atoms with Gasteiger partial charge in [0.2, 0.25) is 0 Å². The number of halogens is 2. The van der Waals surface area contributed by atoms with Crippen LogP contribution < -0.4 is 0 Å². The van der Waals surface area contributed by atoms with E-state index in [1.165, 1.54) is 0 Å². The smallest absolute Gasteiger partial charge is 0.152 e. The third-order valence-corrected chi connectivity index (χ3v) is 3.25. The Bertz CT molecular complexity index is 140. The molecule has 9 heavy (non-hydrogen) atoms. The van der Waals surface area contributed by atoms with Crippen molar-refractivity contribution in [3.63, 3.8) is 0 Å². The van der Waals surface area contributed by atoms with E-state index in [0.717, 1.165) is 0 Å². The van der Waals surface area contributed by atoms with E-state index in [9.17, 15) is 8.42 Å². The van der Waals surface area contributed by atoms with Crippen molar-refractivity contribution in [1.82, 2.24) is 0 Å². The Hall–Kier alpha value is 0.530. The van der Waals surface area contributed by atoms with Crippen LogP contribution in [0.1, 0.15) is 0 Å². The number of rotatable bonds is 4. The van der Waals surface area contributed by atoms with E-state index in [1.807, 2.05) is 0 Å². The molecule has 0 aromatic heterocycles. The summed E-state index contributed by atoms with van der Waals surface area (Å²) in [6.07, 6.45) is 0. The summed E-state index contributed by atoms with van der Waals surface area (Å²) in [7, 11) is -2.95. The molecule has 0 aliphatic rings. The fraction of sp³-hybridized carbons (Fsp3) is 1.00. The highest BCUT2D eigenvalue weighted by molar-refractivity contribution is 7.91. The summed E-state index contributed by atoms with van der Waals surface area (Å²) >= 11 is 10.4. The van der Waals surface area contributed by atoms with Crippen molar-refractivity contribution >= 4 is 33.0 Å². The molecule has 0 aliphatic carbocycles. The van der Waals surface area contributed by atoms with Gasteiger partial charge in [0, 0.05) is 11.8 Å². The summed E-state index contributed by atoms with van der Waals surface area (Å²) < 4.78 is 21.3. The van der Waals surface area contributed by atoms with Gasteiger partial charge in [-0.1, -0.05) is 0 Å². The summed E-state index contributed by atoms with van der Waals surface area (Å²) in [5.41, 5.74) is 0. The Balaban J connectivity index is 3.73. The molecule has 0 N–H and O–H groups in total. The van der Waals surface area contributed by atoms with Crippen LogP contribution in [-0.2, 0) is 9.84 Å². The van der Waals surface area contributed by atoms with Crippen molar-refractivity contribution in [2.75, 3.05) is 23.3 Å². The second-order valence-corrected chi connectivity index (χ2v) is 4.59. The predicted octanol–water partition coefficient (Wildman–Crippen LogP) is 0.879. The van der Waals surface area contributed by atoms with E-state index in [1.54, 1.807) is 0 Å². The van der Waals surface area contributed by atoms with Gasteiger partial charge in [-0.25, -0.2) is 8.42 Å². The number of hydrogen-bond acceptors (Lipinski definition) is 2. The zero-order chi connectivity index (χ0) is 7.33. The van der Waals surface area contributed by atoms with Crippen LogP contribution in [0.3, 0.4) is 0 Å². The summed E-state index contributed by atoms with van der Waals surface area (Å²) in [4.78, 5) is 0. The number of sulfone groups is 1. The zero-order valence-corrected chi connectivity index (χ0v) is 7.14. The maximum absolute atomic E-state index is 10.7. The van der Waals surface area contributed by atoms with Crippen molar-refractivity contribution in [3.05, 3.63) is 0 Å². The summed E-state index contributed by atoms with van der Waals surface area (Å²) in [6.45, 7) is 0. The van der Waals surface area contributed by atoms with Gasteiger partial charge in [-0.15, -0.1) is 23.2 Å². The molecule has 0 saturated heterocycles. The first-order valence-corrected chi connectivity index (χ1v) is 5.34. The molecular weight excluding hydrogens is 187 g/mol. The van der Waals surface area contributed by atoms with Gasteiger partial charge in [-0.3, -0.25) is 0 Å². The average Bonchev–Trinajstić information content (AvgIpc) is 1.64. The molecule has 2 nitrogen and oxygen atoms in total. The monoisotopic (exact) mass is 194 g/mol. The van der Waals surface area contributed by atoms with Gasteiger partial charge in [0.05, 0.1) is 11.5 Å². The van der Waals surface area contributed by atoms with Gasteiger partial charge in [-0.05, 0) is 0 Å². The first-order valence-electron chi connectivity index (χ1n) is 2.45. The second kappa shape index (κ2) is 4.36. The van der Waals surface area contributed by atoms with Gasteiger partial charge >= 0.3 is 0 Å². The van der Waals surface area contributed by atoms with Crippen molar-refractivity contribution in [3.8, 4) is 0 Å². The third-order valence-electron chi connectivity index (χ3n) is 0.776. The molecular formula is C4H8Cl2O2S. The Morgan fingerprint density at radius 1 is 1.00 bits per heavy atom. The highest BCUT2D eigenvalue weighted by atomic mass is 35.5. The van der Waals surface area contributed by atoms with E-state index in [-0.39, 0.29) is 23.3 Å². The van der Waals surface area contributed by atoms with E-state index < -0.39 is 9.84 Å². The molecule has 0 atom stereocenters. The van der Waals surface area contributed by atoms with E-state index >= 15 is 0 Å². The minimum atomic E-state index is -2.95. The molecule has 0 heterocycles. The maximum Gasteiger partial charge on any atom is 0.152 e. The normalized spacial score (nSPS) is 11.8. The van der Waals surface area contributed by atoms with Crippen LogP contribution in [0.25, 0.3) is 0 Å². The van der Waals surface area contributed by atoms with Crippen molar-refractivity contribution in [2.45, 2.75) is 0 Å². The van der Waals surface area contributed by atoms with Crippen molar-refractivity contribution in [1.29, 1.82) is 0 Å². The van der Waals surface area contributed by atoms with Crippen LogP contribution >= 0.6 is 23.2 Å². The Morgan fingerprint density at radius 2 is 1.33 bits per heavy atom. The molecule has 0 aromatic carbocycles. The van der Waals surface area contributed by atoms with Crippen LogP contribution in [0.15, 0.2) is 0 Å². The maximum atomic E-state index is 10.7. The molecule has 0 saturated carbocycles. The molecule has 0 rings (SSSR count). The van der Waals surface area contributed by atoms with E-state index in [4.69, 9.17) is 23.2 Å². The Morgan fingerprint density at radius 3 is 1.56 bits per heavy atom. The summed E-state index contributed by atoms with van der Waals surface area (Å²) in [5.74, 6) is 0.362.